The molecule has 0 unspecified atom stereocenters. The molecule has 1 aromatic carbocycles. The van der Waals surface area contributed by atoms with Crippen LogP contribution in [0.3, 0.4) is 0 Å². The van der Waals surface area contributed by atoms with E-state index in [9.17, 15) is 18.0 Å². The van der Waals surface area contributed by atoms with Crippen LogP contribution in [0.1, 0.15) is 37.8 Å². The number of amides is 1. The largest absolute Gasteiger partial charge is 0.416 e. The van der Waals surface area contributed by atoms with E-state index in [-0.39, 0.29) is 25.0 Å². The van der Waals surface area contributed by atoms with E-state index >= 15 is 0 Å². The van der Waals surface area contributed by atoms with Crippen molar-refractivity contribution >= 4 is 5.91 Å². The Hall–Kier alpha value is -1.56. The number of alkyl halides is 3. The average Bonchev–Trinajstić information content (AvgIpc) is 2.44. The van der Waals surface area contributed by atoms with Crippen molar-refractivity contribution in [1.82, 2.24) is 10.6 Å². The molecule has 0 saturated heterocycles. The molecule has 1 aromatic rings. The zero-order valence-corrected chi connectivity index (χ0v) is 12.3. The molecule has 2 N–H and O–H groups in total. The van der Waals surface area contributed by atoms with Crippen LogP contribution < -0.4 is 10.6 Å². The second-order valence-electron chi connectivity index (χ2n) is 4.88. The van der Waals surface area contributed by atoms with Crippen molar-refractivity contribution in [3.05, 3.63) is 35.4 Å². The van der Waals surface area contributed by atoms with Crippen molar-refractivity contribution in [2.75, 3.05) is 6.54 Å². The van der Waals surface area contributed by atoms with Crippen LogP contribution in [-0.4, -0.2) is 18.5 Å². The van der Waals surface area contributed by atoms with Crippen molar-refractivity contribution in [1.29, 1.82) is 0 Å². The second-order valence-corrected chi connectivity index (χ2v) is 4.88. The molecule has 0 heterocycles. The number of carbonyl (C=O) groups excluding carboxylic acids is 1. The Kier molecular flexibility index (Phi) is 6.68. The number of carbonyl (C=O) groups is 1. The molecule has 0 spiro atoms. The highest BCUT2D eigenvalue weighted by molar-refractivity contribution is 5.78. The maximum atomic E-state index is 12.6. The van der Waals surface area contributed by atoms with Crippen LogP contribution in [0.2, 0.25) is 0 Å². The van der Waals surface area contributed by atoms with Gasteiger partial charge in [-0.2, -0.15) is 13.2 Å². The summed E-state index contributed by atoms with van der Waals surface area (Å²) in [6, 6.07) is 5.23. The van der Waals surface area contributed by atoms with Crippen molar-refractivity contribution in [3.63, 3.8) is 0 Å². The van der Waals surface area contributed by atoms with Gasteiger partial charge in [0.1, 0.15) is 0 Å². The normalized spacial score (nSPS) is 11.7. The van der Waals surface area contributed by atoms with Crippen molar-refractivity contribution in [2.24, 2.45) is 0 Å². The summed E-state index contributed by atoms with van der Waals surface area (Å²) in [4.78, 5) is 11.6. The molecule has 0 fully saturated rings. The lowest BCUT2D eigenvalue weighted by Crippen LogP contribution is -2.39. The van der Waals surface area contributed by atoms with Gasteiger partial charge < -0.3 is 10.6 Å². The zero-order chi connectivity index (χ0) is 15.9. The summed E-state index contributed by atoms with van der Waals surface area (Å²) in [6.45, 7) is 4.29. The summed E-state index contributed by atoms with van der Waals surface area (Å²) in [6.07, 6.45) is -2.63. The van der Waals surface area contributed by atoms with E-state index < -0.39 is 11.7 Å². The molecular weight excluding hydrogens is 281 g/mol. The summed E-state index contributed by atoms with van der Waals surface area (Å²) in [7, 11) is 0. The number of benzene rings is 1. The highest BCUT2D eigenvalue weighted by atomic mass is 19.4. The Morgan fingerprint density at radius 2 is 1.90 bits per heavy atom. The van der Waals surface area contributed by atoms with Gasteiger partial charge in [0.2, 0.25) is 5.91 Å². The van der Waals surface area contributed by atoms with Gasteiger partial charge in [-0.3, -0.25) is 4.79 Å². The highest BCUT2D eigenvalue weighted by Gasteiger charge is 2.30. The minimum atomic E-state index is -4.34. The summed E-state index contributed by atoms with van der Waals surface area (Å²) < 4.78 is 37.7. The maximum absolute atomic E-state index is 12.6. The Morgan fingerprint density at radius 1 is 1.24 bits per heavy atom. The van der Waals surface area contributed by atoms with E-state index in [0.717, 1.165) is 25.0 Å². The lowest BCUT2D eigenvalue weighted by atomic mass is 10.1. The van der Waals surface area contributed by atoms with E-state index in [4.69, 9.17) is 0 Å². The minimum absolute atomic E-state index is 0.0900. The lowest BCUT2D eigenvalue weighted by molar-refractivity contribution is -0.137. The van der Waals surface area contributed by atoms with Crippen LogP contribution in [0.15, 0.2) is 24.3 Å². The first-order valence-electron chi connectivity index (χ1n) is 7.03. The van der Waals surface area contributed by atoms with E-state index in [1.165, 1.54) is 6.07 Å². The number of nitrogens with one attached hydrogen (secondary N) is 2. The fourth-order valence-corrected chi connectivity index (χ4v) is 1.95. The molecule has 0 saturated carbocycles. The first-order valence-corrected chi connectivity index (χ1v) is 7.03. The van der Waals surface area contributed by atoms with Crippen molar-refractivity contribution < 1.29 is 18.0 Å². The fraction of sp³-hybridized carbons (Fsp3) is 0.533. The second kappa shape index (κ2) is 8.02. The first-order chi connectivity index (χ1) is 9.86. The topological polar surface area (TPSA) is 41.1 Å². The zero-order valence-electron chi connectivity index (χ0n) is 12.3. The summed E-state index contributed by atoms with van der Waals surface area (Å²) in [5, 5.41) is 5.71. The summed E-state index contributed by atoms with van der Waals surface area (Å²) in [5.74, 6) is -0.143. The molecule has 0 atom stereocenters. The van der Waals surface area contributed by atoms with Gasteiger partial charge in [-0.1, -0.05) is 32.0 Å². The fourth-order valence-electron chi connectivity index (χ4n) is 1.95. The third-order valence-corrected chi connectivity index (χ3v) is 3.22. The molecule has 1 amide bonds. The Labute approximate surface area is 122 Å². The summed E-state index contributed by atoms with van der Waals surface area (Å²) in [5.41, 5.74) is -0.177. The molecule has 0 bridgehead atoms. The summed E-state index contributed by atoms with van der Waals surface area (Å²) >= 11 is 0. The number of rotatable bonds is 7. The first kappa shape index (κ1) is 17.5. The molecule has 6 heteroatoms. The Morgan fingerprint density at radius 3 is 2.48 bits per heavy atom. The van der Waals surface area contributed by atoms with Gasteiger partial charge >= 0.3 is 6.18 Å². The van der Waals surface area contributed by atoms with Crippen molar-refractivity contribution in [3.8, 4) is 0 Å². The Balaban J connectivity index is 2.44. The SMILES string of the molecule is CCC(CC)NC(=O)CNCc1cccc(C(F)(F)F)c1. The van der Waals surface area contributed by atoms with Gasteiger partial charge in [0, 0.05) is 12.6 Å². The van der Waals surface area contributed by atoms with Crippen LogP contribution in [0.5, 0.6) is 0 Å². The predicted octanol–water partition coefficient (Wildman–Crippen LogP) is 3.10. The van der Waals surface area contributed by atoms with Crippen LogP contribution in [0, 0.1) is 0 Å². The lowest BCUT2D eigenvalue weighted by Gasteiger charge is -2.15. The molecule has 0 aliphatic carbocycles. The quantitative estimate of drug-likeness (QED) is 0.812. The molecular formula is C15H21F3N2O. The standard InChI is InChI=1S/C15H21F3N2O/c1-3-13(4-2)20-14(21)10-19-9-11-6-5-7-12(8-11)15(16,17)18/h5-8,13,19H,3-4,9-10H2,1-2H3,(H,20,21). The molecule has 0 aromatic heterocycles. The molecule has 118 valence electrons. The van der Waals surface area contributed by atoms with E-state index in [1.807, 2.05) is 13.8 Å². The highest BCUT2D eigenvalue weighted by Crippen LogP contribution is 2.29. The number of hydrogen-bond donors (Lipinski definition) is 2. The van der Waals surface area contributed by atoms with E-state index in [2.05, 4.69) is 10.6 Å². The monoisotopic (exact) mass is 302 g/mol. The molecule has 21 heavy (non-hydrogen) atoms. The number of hydrogen-bond acceptors (Lipinski definition) is 2. The molecule has 0 aliphatic heterocycles. The van der Waals surface area contributed by atoms with Crippen LogP contribution in [0.4, 0.5) is 13.2 Å². The van der Waals surface area contributed by atoms with E-state index in [0.29, 0.717) is 5.56 Å². The van der Waals surface area contributed by atoms with Gasteiger partial charge in [0.25, 0.3) is 0 Å². The van der Waals surface area contributed by atoms with Crippen LogP contribution in [-0.2, 0) is 17.5 Å². The Bertz CT molecular complexity index is 456. The number of halogens is 3. The van der Waals surface area contributed by atoms with Gasteiger partial charge in [-0.25, -0.2) is 0 Å². The van der Waals surface area contributed by atoms with Gasteiger partial charge in [-0.15, -0.1) is 0 Å². The van der Waals surface area contributed by atoms with Crippen LogP contribution in [0.25, 0.3) is 0 Å². The van der Waals surface area contributed by atoms with Gasteiger partial charge in [0.05, 0.1) is 12.1 Å². The maximum Gasteiger partial charge on any atom is 0.416 e. The molecule has 1 rings (SSSR count). The molecule has 0 aliphatic rings. The minimum Gasteiger partial charge on any atom is -0.352 e. The van der Waals surface area contributed by atoms with Gasteiger partial charge in [0.15, 0.2) is 0 Å². The van der Waals surface area contributed by atoms with E-state index in [1.54, 1.807) is 6.07 Å². The smallest absolute Gasteiger partial charge is 0.352 e. The molecule has 3 nitrogen and oxygen atoms in total. The van der Waals surface area contributed by atoms with Gasteiger partial charge in [-0.05, 0) is 24.5 Å². The average molecular weight is 302 g/mol. The van der Waals surface area contributed by atoms with Crippen molar-refractivity contribution in [2.45, 2.75) is 45.5 Å². The van der Waals surface area contributed by atoms with Crippen LogP contribution >= 0.6 is 0 Å². The predicted molar refractivity (Wildman–Crippen MR) is 75.7 cm³/mol. The third-order valence-electron chi connectivity index (χ3n) is 3.22. The third kappa shape index (κ3) is 6.16. The molecule has 0 radical (unpaired) electrons.